The van der Waals surface area contributed by atoms with Crippen molar-refractivity contribution in [3.8, 4) is 5.75 Å². The van der Waals surface area contributed by atoms with E-state index in [1.54, 1.807) is 18.2 Å². The Morgan fingerprint density at radius 1 is 1.11 bits per heavy atom. The quantitative estimate of drug-likeness (QED) is 0.824. The lowest BCUT2D eigenvalue weighted by atomic mass is 10.2. The molecule has 0 spiro atoms. The van der Waals surface area contributed by atoms with Gasteiger partial charge in [0.1, 0.15) is 5.75 Å². The van der Waals surface area contributed by atoms with Gasteiger partial charge in [0.05, 0.1) is 5.75 Å². The molecule has 98 valence electrons. The summed E-state index contributed by atoms with van der Waals surface area (Å²) in [7, 11) is 0. The van der Waals surface area contributed by atoms with Crippen LogP contribution in [0.3, 0.4) is 0 Å². The first-order valence-electron chi connectivity index (χ1n) is 5.96. The number of carbonyl (C=O) groups is 1. The Morgan fingerprint density at radius 2 is 1.89 bits per heavy atom. The summed E-state index contributed by atoms with van der Waals surface area (Å²) < 4.78 is 0. The van der Waals surface area contributed by atoms with E-state index in [1.807, 2.05) is 36.4 Å². The first-order valence-corrected chi connectivity index (χ1v) is 6.95. The van der Waals surface area contributed by atoms with E-state index < -0.39 is 0 Å². The minimum absolute atomic E-state index is 0.0165. The van der Waals surface area contributed by atoms with Crippen LogP contribution in [0.4, 0.5) is 0 Å². The third-order valence-electron chi connectivity index (χ3n) is 2.52. The molecule has 0 atom stereocenters. The minimum atomic E-state index is -0.0165. The second-order valence-corrected chi connectivity index (χ2v) is 5.10. The summed E-state index contributed by atoms with van der Waals surface area (Å²) in [6.07, 6.45) is 0. The molecule has 0 aromatic heterocycles. The molecular formula is C15H15NO2S. The van der Waals surface area contributed by atoms with Gasteiger partial charge in [-0.3, -0.25) is 4.79 Å². The Balaban J connectivity index is 1.76. The second-order valence-electron chi connectivity index (χ2n) is 4.05. The van der Waals surface area contributed by atoms with Crippen LogP contribution < -0.4 is 5.32 Å². The lowest BCUT2D eigenvalue weighted by Crippen LogP contribution is -2.24. The van der Waals surface area contributed by atoms with Crippen LogP contribution in [-0.4, -0.2) is 16.8 Å². The highest BCUT2D eigenvalue weighted by Crippen LogP contribution is 2.21. The fraction of sp³-hybridized carbons (Fsp3) is 0.133. The number of phenols is 1. The number of aromatic hydroxyl groups is 1. The summed E-state index contributed by atoms with van der Waals surface area (Å²) in [5, 5.41) is 12.2. The van der Waals surface area contributed by atoms with Crippen LogP contribution in [0.2, 0.25) is 0 Å². The van der Waals surface area contributed by atoms with Gasteiger partial charge in [-0.15, -0.1) is 11.8 Å². The van der Waals surface area contributed by atoms with Gasteiger partial charge in [-0.1, -0.05) is 36.4 Å². The second kappa shape index (κ2) is 6.85. The summed E-state index contributed by atoms with van der Waals surface area (Å²) in [5.74, 6) is 0.544. The number of carbonyl (C=O) groups excluding carboxylic acids is 1. The zero-order valence-electron chi connectivity index (χ0n) is 10.4. The Hall–Kier alpha value is -1.94. The van der Waals surface area contributed by atoms with Gasteiger partial charge in [-0.05, 0) is 23.8 Å². The Labute approximate surface area is 116 Å². The highest BCUT2D eigenvalue weighted by molar-refractivity contribution is 8.00. The van der Waals surface area contributed by atoms with Crippen molar-refractivity contribution in [2.45, 2.75) is 11.4 Å². The molecule has 2 rings (SSSR count). The molecule has 0 unspecified atom stereocenters. The fourth-order valence-corrected chi connectivity index (χ4v) is 2.35. The molecule has 0 fully saturated rings. The molecule has 1 amide bonds. The predicted molar refractivity (Wildman–Crippen MR) is 77.1 cm³/mol. The molecule has 0 aliphatic heterocycles. The van der Waals surface area contributed by atoms with Gasteiger partial charge in [0.2, 0.25) is 5.91 Å². The topological polar surface area (TPSA) is 49.3 Å². The number of benzene rings is 2. The van der Waals surface area contributed by atoms with E-state index in [-0.39, 0.29) is 11.7 Å². The van der Waals surface area contributed by atoms with Crippen molar-refractivity contribution in [3.05, 3.63) is 60.2 Å². The first kappa shape index (κ1) is 13.5. The monoisotopic (exact) mass is 273 g/mol. The molecule has 0 heterocycles. The van der Waals surface area contributed by atoms with Crippen molar-refractivity contribution in [1.29, 1.82) is 0 Å². The molecule has 0 aliphatic carbocycles. The van der Waals surface area contributed by atoms with Gasteiger partial charge >= 0.3 is 0 Å². The third-order valence-corrected chi connectivity index (χ3v) is 3.51. The van der Waals surface area contributed by atoms with E-state index in [0.717, 1.165) is 10.5 Å². The average molecular weight is 273 g/mol. The molecule has 0 saturated heterocycles. The van der Waals surface area contributed by atoms with E-state index >= 15 is 0 Å². The van der Waals surface area contributed by atoms with Crippen molar-refractivity contribution >= 4 is 17.7 Å². The highest BCUT2D eigenvalue weighted by Gasteiger charge is 2.03. The van der Waals surface area contributed by atoms with Gasteiger partial charge in [-0.2, -0.15) is 0 Å². The summed E-state index contributed by atoms with van der Waals surface area (Å²) >= 11 is 1.41. The SMILES string of the molecule is O=C(CSc1cccc(O)c1)NCc1ccccc1. The number of hydrogen-bond acceptors (Lipinski definition) is 3. The van der Waals surface area contributed by atoms with E-state index in [4.69, 9.17) is 0 Å². The molecule has 4 heteroatoms. The molecule has 0 saturated carbocycles. The molecule has 19 heavy (non-hydrogen) atoms. The summed E-state index contributed by atoms with van der Waals surface area (Å²) in [4.78, 5) is 12.6. The largest absolute Gasteiger partial charge is 0.508 e. The number of nitrogens with one attached hydrogen (secondary N) is 1. The molecular weight excluding hydrogens is 258 g/mol. The number of thioether (sulfide) groups is 1. The summed E-state index contributed by atoms with van der Waals surface area (Å²) in [6.45, 7) is 0.542. The first-order chi connectivity index (χ1) is 9.24. The van der Waals surface area contributed by atoms with Crippen molar-refractivity contribution in [3.63, 3.8) is 0 Å². The number of amides is 1. The molecule has 0 bridgehead atoms. The molecule has 0 aliphatic rings. The van der Waals surface area contributed by atoms with Gasteiger partial charge in [-0.25, -0.2) is 0 Å². The standard InChI is InChI=1S/C15H15NO2S/c17-13-7-4-8-14(9-13)19-11-15(18)16-10-12-5-2-1-3-6-12/h1-9,17H,10-11H2,(H,16,18). The zero-order valence-corrected chi connectivity index (χ0v) is 11.2. The highest BCUT2D eigenvalue weighted by atomic mass is 32.2. The van der Waals surface area contributed by atoms with Gasteiger partial charge in [0.25, 0.3) is 0 Å². The van der Waals surface area contributed by atoms with Crippen molar-refractivity contribution in [2.75, 3.05) is 5.75 Å². The van der Waals surface area contributed by atoms with Crippen LogP contribution in [0.25, 0.3) is 0 Å². The molecule has 2 N–H and O–H groups in total. The Bertz CT molecular complexity index is 543. The summed E-state index contributed by atoms with van der Waals surface area (Å²) in [6, 6.07) is 16.7. The summed E-state index contributed by atoms with van der Waals surface area (Å²) in [5.41, 5.74) is 1.08. The maximum atomic E-state index is 11.7. The minimum Gasteiger partial charge on any atom is -0.508 e. The van der Waals surface area contributed by atoms with Crippen LogP contribution in [0.1, 0.15) is 5.56 Å². The smallest absolute Gasteiger partial charge is 0.230 e. The lowest BCUT2D eigenvalue weighted by Gasteiger charge is -2.05. The van der Waals surface area contributed by atoms with Crippen LogP contribution in [0.15, 0.2) is 59.5 Å². The number of phenolic OH excluding ortho intramolecular Hbond substituents is 1. The average Bonchev–Trinajstić information content (AvgIpc) is 2.44. The van der Waals surface area contributed by atoms with E-state index in [9.17, 15) is 9.90 Å². The lowest BCUT2D eigenvalue weighted by molar-refractivity contribution is -0.118. The van der Waals surface area contributed by atoms with E-state index in [1.165, 1.54) is 11.8 Å². The van der Waals surface area contributed by atoms with Crippen LogP contribution >= 0.6 is 11.8 Å². The van der Waals surface area contributed by atoms with Crippen molar-refractivity contribution < 1.29 is 9.90 Å². The molecule has 2 aromatic carbocycles. The normalized spacial score (nSPS) is 10.1. The van der Waals surface area contributed by atoms with Crippen molar-refractivity contribution in [2.24, 2.45) is 0 Å². The number of rotatable bonds is 5. The molecule has 3 nitrogen and oxygen atoms in total. The zero-order chi connectivity index (χ0) is 13.5. The van der Waals surface area contributed by atoms with Crippen LogP contribution in [-0.2, 0) is 11.3 Å². The molecule has 2 aromatic rings. The van der Waals surface area contributed by atoms with Gasteiger partial charge in [0, 0.05) is 11.4 Å². The number of hydrogen-bond donors (Lipinski definition) is 2. The van der Waals surface area contributed by atoms with Crippen LogP contribution in [0.5, 0.6) is 5.75 Å². The van der Waals surface area contributed by atoms with Gasteiger partial charge in [0.15, 0.2) is 0 Å². The Morgan fingerprint density at radius 3 is 2.63 bits per heavy atom. The maximum Gasteiger partial charge on any atom is 0.230 e. The third kappa shape index (κ3) is 4.67. The van der Waals surface area contributed by atoms with Crippen LogP contribution in [0, 0.1) is 0 Å². The van der Waals surface area contributed by atoms with Gasteiger partial charge < -0.3 is 10.4 Å². The Kier molecular flexibility index (Phi) is 4.86. The maximum absolute atomic E-state index is 11.7. The fourth-order valence-electron chi connectivity index (χ4n) is 1.57. The van der Waals surface area contributed by atoms with E-state index in [0.29, 0.717) is 12.3 Å². The predicted octanol–water partition coefficient (Wildman–Crippen LogP) is 2.80. The molecule has 0 radical (unpaired) electrons. The van der Waals surface area contributed by atoms with Crippen molar-refractivity contribution in [1.82, 2.24) is 5.32 Å². The van der Waals surface area contributed by atoms with E-state index in [2.05, 4.69) is 5.32 Å².